The molecule has 0 fully saturated rings. The Labute approximate surface area is 104 Å². The van der Waals surface area contributed by atoms with E-state index < -0.39 is 30.2 Å². The van der Waals surface area contributed by atoms with Gasteiger partial charge in [0.2, 0.25) is 5.91 Å². The van der Waals surface area contributed by atoms with Crippen LogP contribution in [0.1, 0.15) is 22.3 Å². The molecule has 96 valence electrons. The molecule has 0 radical (unpaired) electrons. The maximum atomic E-state index is 11.7. The summed E-state index contributed by atoms with van der Waals surface area (Å²) in [7, 11) is 0. The van der Waals surface area contributed by atoms with E-state index in [1.54, 1.807) is 24.3 Å². The van der Waals surface area contributed by atoms with E-state index in [4.69, 9.17) is 10.8 Å². The van der Waals surface area contributed by atoms with Gasteiger partial charge in [-0.15, -0.1) is 0 Å². The molecule has 0 saturated carbocycles. The van der Waals surface area contributed by atoms with Gasteiger partial charge in [-0.05, 0) is 19.1 Å². The van der Waals surface area contributed by atoms with E-state index in [1.165, 1.54) is 0 Å². The number of carboxylic acids is 1. The number of nitrogens with one attached hydrogen (secondary N) is 1. The molecule has 0 aliphatic carbocycles. The molecule has 6 heteroatoms. The fraction of sp³-hybridized carbons (Fsp3) is 0.250. The van der Waals surface area contributed by atoms with Gasteiger partial charge in [0.1, 0.15) is 6.04 Å². The van der Waals surface area contributed by atoms with Crippen LogP contribution in [-0.4, -0.2) is 28.9 Å². The second-order valence-electron chi connectivity index (χ2n) is 3.90. The van der Waals surface area contributed by atoms with Gasteiger partial charge in [-0.3, -0.25) is 9.59 Å². The summed E-state index contributed by atoms with van der Waals surface area (Å²) in [5.41, 5.74) is 6.23. The first kappa shape index (κ1) is 13.7. The Kier molecular flexibility index (Phi) is 4.42. The highest BCUT2D eigenvalue weighted by atomic mass is 16.4. The highest BCUT2D eigenvalue weighted by molar-refractivity contribution is 5.97. The predicted octanol–water partition coefficient (Wildman–Crippen LogP) is 0.0534. The Morgan fingerprint density at radius 2 is 1.83 bits per heavy atom. The smallest absolute Gasteiger partial charge is 0.326 e. The van der Waals surface area contributed by atoms with Crippen LogP contribution in [0.5, 0.6) is 0 Å². The number of hydrogen-bond acceptors (Lipinski definition) is 3. The van der Waals surface area contributed by atoms with Gasteiger partial charge in [0.25, 0.3) is 5.91 Å². The molecule has 0 saturated heterocycles. The second kappa shape index (κ2) is 5.81. The van der Waals surface area contributed by atoms with Gasteiger partial charge in [0.15, 0.2) is 0 Å². The highest BCUT2D eigenvalue weighted by Gasteiger charge is 2.22. The normalized spacial score (nSPS) is 11.6. The third-order valence-electron chi connectivity index (χ3n) is 2.32. The van der Waals surface area contributed by atoms with Gasteiger partial charge in [-0.25, -0.2) is 4.79 Å². The predicted molar refractivity (Wildman–Crippen MR) is 63.9 cm³/mol. The third kappa shape index (κ3) is 3.89. The summed E-state index contributed by atoms with van der Waals surface area (Å²) >= 11 is 0. The van der Waals surface area contributed by atoms with Crippen molar-refractivity contribution in [1.82, 2.24) is 5.32 Å². The molecule has 18 heavy (non-hydrogen) atoms. The summed E-state index contributed by atoms with van der Waals surface area (Å²) in [6, 6.07) is 5.32. The minimum atomic E-state index is -1.31. The van der Waals surface area contributed by atoms with Crippen molar-refractivity contribution < 1.29 is 19.5 Å². The van der Waals surface area contributed by atoms with Gasteiger partial charge >= 0.3 is 5.97 Å². The number of carbonyl (C=O) groups is 3. The van der Waals surface area contributed by atoms with E-state index in [9.17, 15) is 14.4 Å². The molecular formula is C12H14N2O4. The largest absolute Gasteiger partial charge is 0.480 e. The summed E-state index contributed by atoms with van der Waals surface area (Å²) in [5.74, 6) is -2.63. The van der Waals surface area contributed by atoms with Crippen molar-refractivity contribution in [2.24, 2.45) is 5.73 Å². The standard InChI is InChI=1S/C12H14N2O4/c1-7-2-4-8(5-3-7)11(16)14-9(12(17)18)6-10(13)15/h2-5,9H,6H2,1H3,(H2,13,15)(H,14,16)(H,17,18). The molecule has 1 aromatic carbocycles. The molecule has 1 atom stereocenters. The topological polar surface area (TPSA) is 109 Å². The Morgan fingerprint density at radius 3 is 2.28 bits per heavy atom. The zero-order chi connectivity index (χ0) is 13.7. The molecule has 1 unspecified atom stereocenters. The van der Waals surface area contributed by atoms with Crippen molar-refractivity contribution in [1.29, 1.82) is 0 Å². The van der Waals surface area contributed by atoms with Gasteiger partial charge < -0.3 is 16.2 Å². The summed E-state index contributed by atoms with van der Waals surface area (Å²) in [4.78, 5) is 33.2. The van der Waals surface area contributed by atoms with Crippen molar-refractivity contribution in [3.63, 3.8) is 0 Å². The Balaban J connectivity index is 2.75. The maximum Gasteiger partial charge on any atom is 0.326 e. The van der Waals surface area contributed by atoms with Crippen LogP contribution < -0.4 is 11.1 Å². The Morgan fingerprint density at radius 1 is 1.28 bits per heavy atom. The molecule has 1 rings (SSSR count). The Bertz CT molecular complexity index is 467. The van der Waals surface area contributed by atoms with Gasteiger partial charge in [-0.2, -0.15) is 0 Å². The first-order valence-electron chi connectivity index (χ1n) is 5.29. The molecule has 2 amide bonds. The minimum absolute atomic E-state index is 0.330. The van der Waals surface area contributed by atoms with E-state index in [0.717, 1.165) is 5.56 Å². The van der Waals surface area contributed by atoms with E-state index in [0.29, 0.717) is 5.56 Å². The van der Waals surface area contributed by atoms with E-state index in [2.05, 4.69) is 5.32 Å². The zero-order valence-electron chi connectivity index (χ0n) is 9.84. The lowest BCUT2D eigenvalue weighted by molar-refractivity contribution is -0.140. The van der Waals surface area contributed by atoms with Crippen LogP contribution >= 0.6 is 0 Å². The van der Waals surface area contributed by atoms with Gasteiger partial charge in [0.05, 0.1) is 6.42 Å². The number of rotatable bonds is 5. The van der Waals surface area contributed by atoms with Crippen LogP contribution in [0.25, 0.3) is 0 Å². The summed E-state index contributed by atoms with van der Waals surface area (Å²) in [6.07, 6.45) is -0.438. The number of hydrogen-bond donors (Lipinski definition) is 3. The molecule has 0 bridgehead atoms. The zero-order valence-corrected chi connectivity index (χ0v) is 9.84. The lowest BCUT2D eigenvalue weighted by Gasteiger charge is -2.12. The van der Waals surface area contributed by atoms with Crippen LogP contribution in [0.3, 0.4) is 0 Å². The molecular weight excluding hydrogens is 236 g/mol. The molecule has 0 aliphatic rings. The lowest BCUT2D eigenvalue weighted by Crippen LogP contribution is -2.43. The fourth-order valence-electron chi connectivity index (χ4n) is 1.35. The quantitative estimate of drug-likeness (QED) is 0.686. The van der Waals surface area contributed by atoms with E-state index in [-0.39, 0.29) is 0 Å². The number of carbonyl (C=O) groups excluding carboxylic acids is 2. The molecule has 0 aromatic heterocycles. The van der Waals surface area contributed by atoms with Crippen molar-refractivity contribution in [2.75, 3.05) is 0 Å². The number of amides is 2. The maximum absolute atomic E-state index is 11.7. The van der Waals surface area contributed by atoms with E-state index >= 15 is 0 Å². The number of benzene rings is 1. The highest BCUT2D eigenvalue weighted by Crippen LogP contribution is 2.04. The van der Waals surface area contributed by atoms with Crippen LogP contribution in [0.2, 0.25) is 0 Å². The molecule has 4 N–H and O–H groups in total. The lowest BCUT2D eigenvalue weighted by atomic mass is 10.1. The van der Waals surface area contributed by atoms with Crippen molar-refractivity contribution >= 4 is 17.8 Å². The molecule has 0 aliphatic heterocycles. The number of nitrogens with two attached hydrogens (primary N) is 1. The fourth-order valence-corrected chi connectivity index (χ4v) is 1.35. The molecule has 0 heterocycles. The number of carboxylic acid groups (broad SMARTS) is 1. The second-order valence-corrected chi connectivity index (χ2v) is 3.90. The first-order valence-corrected chi connectivity index (χ1v) is 5.29. The minimum Gasteiger partial charge on any atom is -0.480 e. The van der Waals surface area contributed by atoms with Crippen LogP contribution in [0, 0.1) is 6.92 Å². The molecule has 0 spiro atoms. The number of aryl methyl sites for hydroxylation is 1. The van der Waals surface area contributed by atoms with E-state index in [1.807, 2.05) is 6.92 Å². The molecule has 6 nitrogen and oxygen atoms in total. The number of primary amides is 1. The average molecular weight is 250 g/mol. The van der Waals surface area contributed by atoms with Gasteiger partial charge in [0, 0.05) is 5.56 Å². The Hall–Kier alpha value is -2.37. The first-order chi connectivity index (χ1) is 8.40. The summed E-state index contributed by atoms with van der Waals surface area (Å²) in [6.45, 7) is 1.87. The van der Waals surface area contributed by atoms with Crippen molar-refractivity contribution in [3.8, 4) is 0 Å². The summed E-state index contributed by atoms with van der Waals surface area (Å²) in [5, 5.41) is 11.1. The average Bonchev–Trinajstić information content (AvgIpc) is 2.28. The van der Waals surface area contributed by atoms with Crippen molar-refractivity contribution in [3.05, 3.63) is 35.4 Å². The van der Waals surface area contributed by atoms with Gasteiger partial charge in [-0.1, -0.05) is 17.7 Å². The SMILES string of the molecule is Cc1ccc(C(=O)NC(CC(N)=O)C(=O)O)cc1. The number of aliphatic carboxylic acids is 1. The van der Waals surface area contributed by atoms with Crippen LogP contribution in [-0.2, 0) is 9.59 Å². The monoisotopic (exact) mass is 250 g/mol. The van der Waals surface area contributed by atoms with Crippen LogP contribution in [0.4, 0.5) is 0 Å². The van der Waals surface area contributed by atoms with Crippen LogP contribution in [0.15, 0.2) is 24.3 Å². The van der Waals surface area contributed by atoms with Crippen molar-refractivity contribution in [2.45, 2.75) is 19.4 Å². The molecule has 1 aromatic rings. The third-order valence-corrected chi connectivity index (χ3v) is 2.32. The summed E-state index contributed by atoms with van der Waals surface area (Å²) < 4.78 is 0.